The number of nitrogens with one attached hydrogen (secondary N) is 2. The van der Waals surface area contributed by atoms with Crippen molar-refractivity contribution in [3.8, 4) is 0 Å². The van der Waals surface area contributed by atoms with Gasteiger partial charge in [0.15, 0.2) is 10.9 Å². The fourth-order valence-corrected chi connectivity index (χ4v) is 3.96. The van der Waals surface area contributed by atoms with Crippen LogP contribution in [-0.4, -0.2) is 25.9 Å². The van der Waals surface area contributed by atoms with E-state index in [9.17, 15) is 4.79 Å². The lowest BCUT2D eigenvalue weighted by Gasteiger charge is -2.13. The fourth-order valence-electron chi connectivity index (χ4n) is 2.90. The number of aryl methyl sites for hydroxylation is 1. The molecule has 2 aromatic carbocycles. The van der Waals surface area contributed by atoms with Crippen molar-refractivity contribution in [2.45, 2.75) is 44.0 Å². The van der Waals surface area contributed by atoms with Gasteiger partial charge in [-0.15, -0.1) is 10.2 Å². The number of carbonyl (C=O) groups is 1. The minimum atomic E-state index is -0.306. The minimum absolute atomic E-state index is 0.186. The maximum atomic E-state index is 12.3. The van der Waals surface area contributed by atoms with E-state index in [1.165, 1.54) is 17.2 Å². The molecule has 3 aromatic rings. The number of thioether (sulfide) groups is 1. The molecule has 0 saturated carbocycles. The number of thiocarbonyl (C=S) groups is 1. The van der Waals surface area contributed by atoms with Crippen molar-refractivity contribution < 1.29 is 4.79 Å². The number of amides is 1. The van der Waals surface area contributed by atoms with E-state index in [1.807, 2.05) is 37.3 Å². The summed E-state index contributed by atoms with van der Waals surface area (Å²) in [4.78, 5) is 12.3. The van der Waals surface area contributed by atoms with Gasteiger partial charge in [-0.3, -0.25) is 15.5 Å². The zero-order valence-corrected chi connectivity index (χ0v) is 20.0. The first kappa shape index (κ1) is 23.7. The predicted molar refractivity (Wildman–Crippen MR) is 135 cm³/mol. The van der Waals surface area contributed by atoms with Gasteiger partial charge in [0, 0.05) is 18.2 Å². The van der Waals surface area contributed by atoms with Crippen LogP contribution in [0, 0.1) is 0 Å². The summed E-state index contributed by atoms with van der Waals surface area (Å²) < 4.78 is 1.73. The van der Waals surface area contributed by atoms with Crippen LogP contribution in [0.1, 0.15) is 49.2 Å². The van der Waals surface area contributed by atoms with Gasteiger partial charge in [0.2, 0.25) is 11.1 Å². The molecule has 1 aromatic heterocycles. The molecule has 0 aliphatic rings. The monoisotopic (exact) mass is 465 g/mol. The molecule has 6 nitrogen and oxygen atoms in total. The van der Waals surface area contributed by atoms with Crippen LogP contribution in [0.2, 0.25) is 0 Å². The third-order valence-electron chi connectivity index (χ3n) is 4.71. The molecule has 1 heterocycles. The van der Waals surface area contributed by atoms with E-state index < -0.39 is 0 Å². The Labute approximate surface area is 198 Å². The van der Waals surface area contributed by atoms with E-state index in [2.05, 4.69) is 59.1 Å². The second-order valence-electron chi connectivity index (χ2n) is 7.45. The molecule has 2 N–H and O–H groups in total. The van der Waals surface area contributed by atoms with E-state index in [1.54, 1.807) is 22.5 Å². The first-order chi connectivity index (χ1) is 15.5. The highest BCUT2D eigenvalue weighted by atomic mass is 32.2. The standard InChI is InChI=1S/C24H27N5OS2/c1-4-21-26-27-24(32-16-19-8-6-5-7-9-19)29(21)28-23(31)25-22(30)15-12-18-10-13-20(14-11-18)17(2)3/h5-15,17H,4,16H2,1-3H3,(H2,25,28,30,31)/b15-12+. The highest BCUT2D eigenvalue weighted by Gasteiger charge is 2.13. The minimum Gasteiger partial charge on any atom is -0.298 e. The van der Waals surface area contributed by atoms with Crippen LogP contribution in [0.25, 0.3) is 6.08 Å². The maximum Gasteiger partial charge on any atom is 0.250 e. The average molecular weight is 466 g/mol. The lowest BCUT2D eigenvalue weighted by atomic mass is 10.0. The number of nitrogens with zero attached hydrogens (tertiary/aromatic N) is 3. The van der Waals surface area contributed by atoms with Crippen LogP contribution >= 0.6 is 24.0 Å². The molecule has 0 unspecified atom stereocenters. The van der Waals surface area contributed by atoms with Crippen molar-refractivity contribution in [3.05, 3.63) is 83.2 Å². The Hall–Kier alpha value is -2.97. The molecule has 0 bridgehead atoms. The molecule has 0 spiro atoms. The number of benzene rings is 2. The van der Waals surface area contributed by atoms with Gasteiger partial charge < -0.3 is 0 Å². The van der Waals surface area contributed by atoms with Gasteiger partial charge in [-0.2, -0.15) is 0 Å². The SMILES string of the molecule is CCc1nnc(SCc2ccccc2)n1NC(=S)NC(=O)/C=C/c1ccc(C(C)C)cc1. The van der Waals surface area contributed by atoms with E-state index in [0.29, 0.717) is 17.5 Å². The van der Waals surface area contributed by atoms with E-state index in [4.69, 9.17) is 12.2 Å². The van der Waals surface area contributed by atoms with Gasteiger partial charge in [0.1, 0.15) is 0 Å². The Morgan fingerprint density at radius 2 is 1.84 bits per heavy atom. The van der Waals surface area contributed by atoms with Crippen molar-refractivity contribution in [2.24, 2.45) is 0 Å². The highest BCUT2D eigenvalue weighted by Crippen LogP contribution is 2.21. The lowest BCUT2D eigenvalue weighted by molar-refractivity contribution is -0.115. The summed E-state index contributed by atoms with van der Waals surface area (Å²) in [5.74, 6) is 1.65. The number of carbonyl (C=O) groups excluding carboxylic acids is 1. The second-order valence-corrected chi connectivity index (χ2v) is 8.80. The zero-order chi connectivity index (χ0) is 22.9. The second kappa shape index (κ2) is 11.6. The van der Waals surface area contributed by atoms with Gasteiger partial charge in [-0.1, -0.05) is 87.1 Å². The van der Waals surface area contributed by atoms with Gasteiger partial charge in [-0.25, -0.2) is 4.68 Å². The summed E-state index contributed by atoms with van der Waals surface area (Å²) in [7, 11) is 0. The summed E-state index contributed by atoms with van der Waals surface area (Å²) in [5, 5.41) is 12.0. The van der Waals surface area contributed by atoms with Crippen LogP contribution in [0.4, 0.5) is 0 Å². The fraction of sp³-hybridized carbons (Fsp3) is 0.250. The van der Waals surface area contributed by atoms with Crippen LogP contribution in [-0.2, 0) is 17.0 Å². The van der Waals surface area contributed by atoms with Gasteiger partial charge >= 0.3 is 0 Å². The zero-order valence-electron chi connectivity index (χ0n) is 18.4. The number of aromatic nitrogens is 3. The largest absolute Gasteiger partial charge is 0.298 e. The van der Waals surface area contributed by atoms with Crippen molar-refractivity contribution >= 4 is 41.1 Å². The van der Waals surface area contributed by atoms with Crippen LogP contribution in [0.3, 0.4) is 0 Å². The first-order valence-corrected chi connectivity index (χ1v) is 11.9. The molecular weight excluding hydrogens is 438 g/mol. The molecule has 166 valence electrons. The summed E-state index contributed by atoms with van der Waals surface area (Å²) in [5.41, 5.74) is 6.44. The van der Waals surface area contributed by atoms with Crippen molar-refractivity contribution in [1.29, 1.82) is 0 Å². The van der Waals surface area contributed by atoms with E-state index >= 15 is 0 Å². The van der Waals surface area contributed by atoms with Crippen LogP contribution in [0.5, 0.6) is 0 Å². The quantitative estimate of drug-likeness (QED) is 0.280. The van der Waals surface area contributed by atoms with Crippen LogP contribution in [0.15, 0.2) is 65.8 Å². The Bertz CT molecular complexity index is 1080. The smallest absolute Gasteiger partial charge is 0.250 e. The molecule has 0 aliphatic heterocycles. The Balaban J connectivity index is 1.58. The number of hydrogen-bond donors (Lipinski definition) is 2. The van der Waals surface area contributed by atoms with Crippen molar-refractivity contribution in [1.82, 2.24) is 20.2 Å². The molecule has 0 fully saturated rings. The Morgan fingerprint density at radius 1 is 1.12 bits per heavy atom. The molecule has 3 rings (SSSR count). The number of rotatable bonds is 8. The van der Waals surface area contributed by atoms with Crippen molar-refractivity contribution in [2.75, 3.05) is 5.43 Å². The molecule has 0 radical (unpaired) electrons. The van der Waals surface area contributed by atoms with Crippen molar-refractivity contribution in [3.63, 3.8) is 0 Å². The molecule has 8 heteroatoms. The van der Waals surface area contributed by atoms with Gasteiger partial charge in [0.25, 0.3) is 0 Å². The highest BCUT2D eigenvalue weighted by molar-refractivity contribution is 7.98. The molecule has 1 amide bonds. The number of hydrogen-bond acceptors (Lipinski definition) is 5. The van der Waals surface area contributed by atoms with E-state index in [0.717, 1.165) is 17.1 Å². The molecule has 0 aliphatic carbocycles. The molecule has 0 saturated heterocycles. The third kappa shape index (κ3) is 6.77. The third-order valence-corrected chi connectivity index (χ3v) is 5.90. The molecule has 0 atom stereocenters. The summed E-state index contributed by atoms with van der Waals surface area (Å²) >= 11 is 6.89. The maximum absolute atomic E-state index is 12.3. The average Bonchev–Trinajstić information content (AvgIpc) is 3.18. The van der Waals surface area contributed by atoms with E-state index in [-0.39, 0.29) is 11.0 Å². The topological polar surface area (TPSA) is 71.8 Å². The molecular formula is C24H27N5OS2. The predicted octanol–water partition coefficient (Wildman–Crippen LogP) is 4.91. The summed E-state index contributed by atoms with van der Waals surface area (Å²) in [6.45, 7) is 6.29. The summed E-state index contributed by atoms with van der Waals surface area (Å²) in [6, 6.07) is 18.3. The summed E-state index contributed by atoms with van der Waals surface area (Å²) in [6.07, 6.45) is 3.91. The first-order valence-electron chi connectivity index (χ1n) is 10.5. The Kier molecular flexibility index (Phi) is 8.58. The lowest BCUT2D eigenvalue weighted by Crippen LogP contribution is -2.38. The van der Waals surface area contributed by atoms with Gasteiger partial charge in [0.05, 0.1) is 0 Å². The normalized spacial score (nSPS) is 11.1. The molecule has 32 heavy (non-hydrogen) atoms. The van der Waals surface area contributed by atoms with Crippen LogP contribution < -0.4 is 10.7 Å². The van der Waals surface area contributed by atoms with Gasteiger partial charge in [-0.05, 0) is 40.9 Å². The Morgan fingerprint density at radius 3 is 2.50 bits per heavy atom.